The number of hydrogen-bond donors (Lipinski definition) is 2. The normalized spacial score (nSPS) is 12.1. The maximum atomic E-state index is 12.3. The van der Waals surface area contributed by atoms with E-state index in [0.717, 1.165) is 44.6 Å². The van der Waals surface area contributed by atoms with Gasteiger partial charge in [0.25, 0.3) is 5.91 Å². The van der Waals surface area contributed by atoms with Crippen LogP contribution in [0.25, 0.3) is 22.0 Å². The average Bonchev–Trinajstić information content (AvgIpc) is 3.25. The Kier molecular flexibility index (Phi) is 7.70. The Morgan fingerprint density at radius 1 is 1.08 bits per heavy atom. The standard InChI is InChI=1S/C28H29ClN4O3/c1-17(2)12-26(20-4-8-24(31-15-20)28(36)30-11-10-27(34)35)33-25-9-5-19(14-21(25)16-32-33)23-7-6-22(29)13-18(23)3/h4-9,13-17,26H,10-12H2,1-3H3,(H,30,36)(H,34,35). The van der Waals surface area contributed by atoms with Crippen LogP contribution in [0.4, 0.5) is 0 Å². The minimum Gasteiger partial charge on any atom is -0.481 e. The van der Waals surface area contributed by atoms with Crippen molar-refractivity contribution in [3.05, 3.63) is 82.8 Å². The Morgan fingerprint density at radius 2 is 1.89 bits per heavy atom. The lowest BCUT2D eigenvalue weighted by Crippen LogP contribution is -2.27. The lowest BCUT2D eigenvalue weighted by molar-refractivity contribution is -0.136. The SMILES string of the molecule is Cc1cc(Cl)ccc1-c1ccc2c(cnn2C(CC(C)C)c2ccc(C(=O)NCCC(=O)O)nc2)c1. The Hall–Kier alpha value is -3.71. The zero-order valence-corrected chi connectivity index (χ0v) is 21.3. The van der Waals surface area contributed by atoms with Crippen LogP contribution in [-0.2, 0) is 4.79 Å². The van der Waals surface area contributed by atoms with Crippen molar-refractivity contribution in [1.82, 2.24) is 20.1 Å². The molecule has 0 bridgehead atoms. The van der Waals surface area contributed by atoms with E-state index in [-0.39, 0.29) is 24.7 Å². The molecule has 2 aromatic heterocycles. The quantitative estimate of drug-likeness (QED) is 0.296. The molecule has 0 aliphatic rings. The van der Waals surface area contributed by atoms with Crippen molar-refractivity contribution in [2.45, 2.75) is 39.7 Å². The van der Waals surface area contributed by atoms with Gasteiger partial charge in [0.05, 0.1) is 24.2 Å². The maximum absolute atomic E-state index is 12.3. The van der Waals surface area contributed by atoms with Gasteiger partial charge in [-0.3, -0.25) is 19.3 Å². The van der Waals surface area contributed by atoms with Crippen molar-refractivity contribution >= 4 is 34.4 Å². The molecule has 0 radical (unpaired) electrons. The van der Waals surface area contributed by atoms with E-state index >= 15 is 0 Å². The molecule has 0 aliphatic carbocycles. The Labute approximate surface area is 215 Å². The largest absolute Gasteiger partial charge is 0.481 e. The fourth-order valence-corrected chi connectivity index (χ4v) is 4.58. The molecule has 4 rings (SSSR count). The van der Waals surface area contributed by atoms with Crippen molar-refractivity contribution in [3.8, 4) is 11.1 Å². The Morgan fingerprint density at radius 3 is 2.56 bits per heavy atom. The summed E-state index contributed by atoms with van der Waals surface area (Å²) in [4.78, 5) is 27.3. The summed E-state index contributed by atoms with van der Waals surface area (Å²) in [5.41, 5.74) is 5.58. The van der Waals surface area contributed by atoms with E-state index in [9.17, 15) is 9.59 Å². The second-order valence-corrected chi connectivity index (χ2v) is 9.78. The monoisotopic (exact) mass is 504 g/mol. The highest BCUT2D eigenvalue weighted by atomic mass is 35.5. The van der Waals surface area contributed by atoms with Crippen LogP contribution < -0.4 is 5.32 Å². The first kappa shape index (κ1) is 25.4. The molecule has 0 saturated heterocycles. The second-order valence-electron chi connectivity index (χ2n) is 9.34. The Balaban J connectivity index is 1.62. The number of rotatable bonds is 9. The van der Waals surface area contributed by atoms with Gasteiger partial charge < -0.3 is 10.4 Å². The number of carboxylic acids is 1. The van der Waals surface area contributed by atoms with E-state index in [1.165, 1.54) is 0 Å². The third-order valence-corrected chi connectivity index (χ3v) is 6.35. The average molecular weight is 505 g/mol. The summed E-state index contributed by atoms with van der Waals surface area (Å²) < 4.78 is 2.03. The number of aryl methyl sites for hydroxylation is 1. The van der Waals surface area contributed by atoms with E-state index < -0.39 is 11.9 Å². The lowest BCUT2D eigenvalue weighted by Gasteiger charge is -2.21. The smallest absolute Gasteiger partial charge is 0.305 e. The van der Waals surface area contributed by atoms with Crippen molar-refractivity contribution in [2.75, 3.05) is 6.54 Å². The number of amides is 1. The number of benzene rings is 2. The highest BCUT2D eigenvalue weighted by molar-refractivity contribution is 6.30. The van der Waals surface area contributed by atoms with Crippen LogP contribution in [0.3, 0.4) is 0 Å². The number of carbonyl (C=O) groups excluding carboxylic acids is 1. The maximum Gasteiger partial charge on any atom is 0.305 e. The molecule has 0 spiro atoms. The first-order valence-electron chi connectivity index (χ1n) is 11.9. The molecular formula is C28H29ClN4O3. The van der Waals surface area contributed by atoms with Crippen LogP contribution >= 0.6 is 11.6 Å². The van der Waals surface area contributed by atoms with Crippen LogP contribution in [0.15, 0.2) is 60.9 Å². The summed E-state index contributed by atoms with van der Waals surface area (Å²) in [6.45, 7) is 6.44. The molecule has 8 heteroatoms. The third kappa shape index (κ3) is 5.74. The summed E-state index contributed by atoms with van der Waals surface area (Å²) >= 11 is 6.14. The molecule has 2 aromatic carbocycles. The van der Waals surface area contributed by atoms with Crippen molar-refractivity contribution < 1.29 is 14.7 Å². The van der Waals surface area contributed by atoms with Gasteiger partial charge in [-0.15, -0.1) is 0 Å². The Bertz CT molecular complexity index is 1400. The zero-order valence-electron chi connectivity index (χ0n) is 20.5. The second kappa shape index (κ2) is 10.9. The lowest BCUT2D eigenvalue weighted by atomic mass is 9.97. The molecule has 7 nitrogen and oxygen atoms in total. The minimum atomic E-state index is -0.961. The first-order valence-corrected chi connectivity index (χ1v) is 12.3. The van der Waals surface area contributed by atoms with Gasteiger partial charge in [0.1, 0.15) is 5.69 Å². The van der Waals surface area contributed by atoms with E-state index in [2.05, 4.69) is 49.3 Å². The molecule has 1 unspecified atom stereocenters. The zero-order chi connectivity index (χ0) is 25.8. The molecule has 1 atom stereocenters. The number of halogens is 1. The van der Waals surface area contributed by atoms with Gasteiger partial charge in [0.15, 0.2) is 0 Å². The van der Waals surface area contributed by atoms with Gasteiger partial charge in [-0.05, 0) is 71.8 Å². The van der Waals surface area contributed by atoms with Gasteiger partial charge in [-0.2, -0.15) is 5.10 Å². The summed E-state index contributed by atoms with van der Waals surface area (Å²) in [6.07, 6.45) is 4.31. The van der Waals surface area contributed by atoms with Crippen molar-refractivity contribution in [2.24, 2.45) is 5.92 Å². The van der Waals surface area contributed by atoms with Gasteiger partial charge in [-0.1, -0.05) is 43.6 Å². The van der Waals surface area contributed by atoms with Crippen LogP contribution in [0.2, 0.25) is 5.02 Å². The number of fused-ring (bicyclic) bond motifs is 1. The molecule has 2 heterocycles. The van der Waals surface area contributed by atoms with Crippen LogP contribution in [0.1, 0.15) is 54.3 Å². The summed E-state index contributed by atoms with van der Waals surface area (Å²) in [5.74, 6) is -0.945. The summed E-state index contributed by atoms with van der Waals surface area (Å²) in [5, 5.41) is 17.8. The molecule has 0 fully saturated rings. The molecular weight excluding hydrogens is 476 g/mol. The number of carbonyl (C=O) groups is 2. The summed E-state index contributed by atoms with van der Waals surface area (Å²) in [6, 6.07) is 15.8. The minimum absolute atomic E-state index is 0.0535. The van der Waals surface area contributed by atoms with Gasteiger partial charge in [0.2, 0.25) is 0 Å². The van der Waals surface area contributed by atoms with Crippen molar-refractivity contribution in [1.29, 1.82) is 0 Å². The molecule has 36 heavy (non-hydrogen) atoms. The highest BCUT2D eigenvalue weighted by Crippen LogP contribution is 2.32. The van der Waals surface area contributed by atoms with Gasteiger partial charge >= 0.3 is 5.97 Å². The topological polar surface area (TPSA) is 97.1 Å². The number of aromatic nitrogens is 3. The molecule has 4 aromatic rings. The van der Waals surface area contributed by atoms with E-state index in [1.807, 2.05) is 35.1 Å². The molecule has 186 valence electrons. The predicted octanol–water partition coefficient (Wildman–Crippen LogP) is 5.90. The third-order valence-electron chi connectivity index (χ3n) is 6.11. The number of nitrogens with zero attached hydrogens (tertiary/aromatic N) is 3. The fraction of sp³-hybridized carbons (Fsp3) is 0.286. The number of aliphatic carboxylic acids is 1. The first-order chi connectivity index (χ1) is 17.2. The predicted molar refractivity (Wildman–Crippen MR) is 141 cm³/mol. The van der Waals surface area contributed by atoms with E-state index in [0.29, 0.717) is 5.92 Å². The molecule has 2 N–H and O–H groups in total. The number of nitrogens with one attached hydrogen (secondary N) is 1. The number of carboxylic acid groups (broad SMARTS) is 1. The molecule has 1 amide bonds. The van der Waals surface area contributed by atoms with Gasteiger partial charge in [-0.25, -0.2) is 0 Å². The summed E-state index contributed by atoms with van der Waals surface area (Å²) in [7, 11) is 0. The highest BCUT2D eigenvalue weighted by Gasteiger charge is 2.20. The van der Waals surface area contributed by atoms with E-state index in [4.69, 9.17) is 21.8 Å². The van der Waals surface area contributed by atoms with Crippen LogP contribution in [-0.4, -0.2) is 38.3 Å². The van der Waals surface area contributed by atoms with Crippen LogP contribution in [0.5, 0.6) is 0 Å². The molecule has 0 aliphatic heterocycles. The number of hydrogen-bond acceptors (Lipinski definition) is 4. The van der Waals surface area contributed by atoms with Crippen molar-refractivity contribution in [3.63, 3.8) is 0 Å². The number of pyridine rings is 1. The molecule has 0 saturated carbocycles. The van der Waals surface area contributed by atoms with Crippen LogP contribution in [0, 0.1) is 12.8 Å². The van der Waals surface area contributed by atoms with Gasteiger partial charge in [0, 0.05) is 23.2 Å². The fourth-order valence-electron chi connectivity index (χ4n) is 4.35. The van der Waals surface area contributed by atoms with E-state index in [1.54, 1.807) is 12.3 Å².